The second kappa shape index (κ2) is 9.51. The zero-order valence-electron chi connectivity index (χ0n) is 16.3. The normalized spacial score (nSPS) is 10.3. The summed E-state index contributed by atoms with van der Waals surface area (Å²) >= 11 is 0. The van der Waals surface area contributed by atoms with Crippen LogP contribution in [0.1, 0.15) is 27.0 Å². The van der Waals surface area contributed by atoms with E-state index in [2.05, 4.69) is 16.2 Å². The molecule has 0 saturated heterocycles. The Kier molecular flexibility index (Phi) is 6.59. The molecular weight excluding hydrogens is 387 g/mol. The number of aryl methyl sites for hydroxylation is 1. The summed E-state index contributed by atoms with van der Waals surface area (Å²) in [5, 5.41) is 2.54. The molecule has 0 saturated carbocycles. The maximum atomic E-state index is 12.9. The third-order valence-corrected chi connectivity index (χ3v) is 4.38. The summed E-state index contributed by atoms with van der Waals surface area (Å²) in [6.07, 6.45) is 1.44. The van der Waals surface area contributed by atoms with Gasteiger partial charge in [-0.1, -0.05) is 42.0 Å². The molecule has 30 heavy (non-hydrogen) atoms. The Hall–Kier alpha value is -3.94. The fraction of sp³-hybridized carbons (Fsp3) is 0.136. The van der Waals surface area contributed by atoms with Crippen LogP contribution < -0.4 is 21.7 Å². The zero-order chi connectivity index (χ0) is 21.5. The van der Waals surface area contributed by atoms with Gasteiger partial charge in [0, 0.05) is 18.8 Å². The molecular formula is C22H21FN4O3. The number of aromatic nitrogens is 1. The second-order valence-corrected chi connectivity index (χ2v) is 6.76. The number of halogens is 1. The molecule has 1 aromatic heterocycles. The number of hydrazine groups is 1. The number of carbonyl (C=O) groups is 2. The molecule has 0 aliphatic rings. The largest absolute Gasteiger partial charge is 0.333 e. The number of hydrogen-bond acceptors (Lipinski definition) is 3. The number of nitrogens with one attached hydrogen (secondary N) is 3. The maximum absolute atomic E-state index is 12.9. The van der Waals surface area contributed by atoms with Gasteiger partial charge in [0.1, 0.15) is 5.82 Å². The van der Waals surface area contributed by atoms with E-state index in [9.17, 15) is 18.8 Å². The van der Waals surface area contributed by atoms with E-state index in [1.165, 1.54) is 35.0 Å². The van der Waals surface area contributed by atoms with E-state index < -0.39 is 11.9 Å². The second-order valence-electron chi connectivity index (χ2n) is 6.76. The molecule has 1 heterocycles. The van der Waals surface area contributed by atoms with Gasteiger partial charge in [0.2, 0.25) is 0 Å². The molecule has 3 rings (SSSR count). The summed E-state index contributed by atoms with van der Waals surface area (Å²) in [5.74, 6) is -0.927. The van der Waals surface area contributed by atoms with Crippen LogP contribution in [-0.2, 0) is 13.1 Å². The van der Waals surface area contributed by atoms with Gasteiger partial charge in [-0.05, 0) is 36.2 Å². The van der Waals surface area contributed by atoms with E-state index in [0.717, 1.165) is 11.1 Å². The number of amides is 3. The summed E-state index contributed by atoms with van der Waals surface area (Å²) in [7, 11) is 0. The highest BCUT2D eigenvalue weighted by molar-refractivity contribution is 5.94. The Balaban J connectivity index is 1.55. The molecule has 154 valence electrons. The first-order valence-electron chi connectivity index (χ1n) is 9.25. The first-order chi connectivity index (χ1) is 14.4. The molecule has 0 atom stereocenters. The van der Waals surface area contributed by atoms with Gasteiger partial charge < -0.3 is 9.88 Å². The lowest BCUT2D eigenvalue weighted by molar-refractivity contribution is 0.0935. The van der Waals surface area contributed by atoms with Gasteiger partial charge in [0.25, 0.3) is 11.5 Å². The molecule has 3 amide bonds. The monoisotopic (exact) mass is 408 g/mol. The minimum absolute atomic E-state index is 0.170. The van der Waals surface area contributed by atoms with Crippen LogP contribution in [0.25, 0.3) is 0 Å². The van der Waals surface area contributed by atoms with Crippen molar-refractivity contribution in [2.45, 2.75) is 20.0 Å². The number of urea groups is 1. The summed E-state index contributed by atoms with van der Waals surface area (Å²) < 4.78 is 14.3. The van der Waals surface area contributed by atoms with Gasteiger partial charge in [-0.15, -0.1) is 0 Å². The maximum Gasteiger partial charge on any atom is 0.333 e. The molecule has 0 bridgehead atoms. The van der Waals surface area contributed by atoms with Crippen LogP contribution in [0.2, 0.25) is 0 Å². The van der Waals surface area contributed by atoms with Crippen LogP contribution in [-0.4, -0.2) is 16.5 Å². The Bertz CT molecular complexity index is 1090. The predicted molar refractivity (Wildman–Crippen MR) is 110 cm³/mol. The highest BCUT2D eigenvalue weighted by Crippen LogP contribution is 2.05. The van der Waals surface area contributed by atoms with Crippen molar-refractivity contribution in [3.63, 3.8) is 0 Å². The van der Waals surface area contributed by atoms with Gasteiger partial charge in [-0.2, -0.15) is 0 Å². The van der Waals surface area contributed by atoms with E-state index in [4.69, 9.17) is 0 Å². The first-order valence-corrected chi connectivity index (χ1v) is 9.25. The van der Waals surface area contributed by atoms with Crippen LogP contribution in [0.15, 0.2) is 71.7 Å². The SMILES string of the molecule is Cc1ccc(Cn2cc(C(=O)NNC(=O)NCc3ccc(F)cc3)ccc2=O)cc1. The predicted octanol–water partition coefficient (Wildman–Crippen LogP) is 2.49. The lowest BCUT2D eigenvalue weighted by Crippen LogP contribution is -2.46. The van der Waals surface area contributed by atoms with Gasteiger partial charge in [-0.3, -0.25) is 15.0 Å². The van der Waals surface area contributed by atoms with Crippen molar-refractivity contribution in [2.24, 2.45) is 0 Å². The Morgan fingerprint density at radius 3 is 2.27 bits per heavy atom. The molecule has 3 aromatic rings. The number of pyridine rings is 1. The first kappa shape index (κ1) is 20.8. The summed E-state index contributed by atoms with van der Waals surface area (Å²) in [6, 6.07) is 15.5. The molecule has 0 aliphatic heterocycles. The minimum atomic E-state index is -0.624. The van der Waals surface area contributed by atoms with Gasteiger partial charge in [0.05, 0.1) is 12.1 Å². The highest BCUT2D eigenvalue weighted by atomic mass is 19.1. The van der Waals surface area contributed by atoms with Gasteiger partial charge >= 0.3 is 6.03 Å². The number of carbonyl (C=O) groups excluding carboxylic acids is 2. The van der Waals surface area contributed by atoms with E-state index in [1.54, 1.807) is 12.1 Å². The topological polar surface area (TPSA) is 92.2 Å². The molecule has 0 spiro atoms. The average molecular weight is 408 g/mol. The molecule has 0 fully saturated rings. The van der Waals surface area contributed by atoms with Crippen molar-refractivity contribution in [1.29, 1.82) is 0 Å². The van der Waals surface area contributed by atoms with Gasteiger partial charge in [0.15, 0.2) is 0 Å². The van der Waals surface area contributed by atoms with E-state index in [-0.39, 0.29) is 23.5 Å². The van der Waals surface area contributed by atoms with Crippen LogP contribution >= 0.6 is 0 Å². The van der Waals surface area contributed by atoms with Crippen molar-refractivity contribution >= 4 is 11.9 Å². The van der Waals surface area contributed by atoms with Crippen LogP contribution in [0.4, 0.5) is 9.18 Å². The Morgan fingerprint density at radius 1 is 0.900 bits per heavy atom. The summed E-state index contributed by atoms with van der Waals surface area (Å²) in [6.45, 7) is 2.47. The highest BCUT2D eigenvalue weighted by Gasteiger charge is 2.09. The smallest absolute Gasteiger partial charge is 0.333 e. The van der Waals surface area contributed by atoms with E-state index in [1.807, 2.05) is 31.2 Å². The quantitative estimate of drug-likeness (QED) is 0.567. The van der Waals surface area contributed by atoms with Crippen molar-refractivity contribution in [3.05, 3.63) is 105 Å². The van der Waals surface area contributed by atoms with Crippen molar-refractivity contribution in [3.8, 4) is 0 Å². The molecule has 7 nitrogen and oxygen atoms in total. The Morgan fingerprint density at radius 2 is 1.57 bits per heavy atom. The molecule has 8 heteroatoms. The third-order valence-electron chi connectivity index (χ3n) is 4.38. The molecule has 2 aromatic carbocycles. The van der Waals surface area contributed by atoms with Crippen molar-refractivity contribution in [1.82, 2.24) is 20.7 Å². The number of benzene rings is 2. The number of rotatable bonds is 5. The van der Waals surface area contributed by atoms with Gasteiger partial charge in [-0.25, -0.2) is 14.6 Å². The van der Waals surface area contributed by atoms with Crippen molar-refractivity contribution in [2.75, 3.05) is 0 Å². The minimum Gasteiger partial charge on any atom is -0.333 e. The third kappa shape index (κ3) is 5.78. The number of hydrogen-bond donors (Lipinski definition) is 3. The standard InChI is InChI=1S/C22H21FN4O3/c1-15-2-4-17(5-3-15)13-27-14-18(8-11-20(27)28)21(29)25-26-22(30)24-12-16-6-9-19(23)10-7-16/h2-11,14H,12-13H2,1H3,(H,25,29)(H2,24,26,30). The number of nitrogens with zero attached hydrogens (tertiary/aromatic N) is 1. The van der Waals surface area contributed by atoms with Crippen LogP contribution in [0.3, 0.4) is 0 Å². The Labute approximate surface area is 172 Å². The summed E-state index contributed by atoms with van der Waals surface area (Å²) in [5.41, 5.74) is 7.26. The molecule has 3 N–H and O–H groups in total. The van der Waals surface area contributed by atoms with E-state index >= 15 is 0 Å². The lowest BCUT2D eigenvalue weighted by Gasteiger charge is -2.11. The molecule has 0 unspecified atom stereocenters. The molecule has 0 radical (unpaired) electrons. The van der Waals surface area contributed by atoms with Crippen LogP contribution in [0.5, 0.6) is 0 Å². The zero-order valence-corrected chi connectivity index (χ0v) is 16.3. The van der Waals surface area contributed by atoms with E-state index in [0.29, 0.717) is 12.1 Å². The fourth-order valence-corrected chi connectivity index (χ4v) is 2.69. The van der Waals surface area contributed by atoms with Crippen molar-refractivity contribution < 1.29 is 14.0 Å². The lowest BCUT2D eigenvalue weighted by atomic mass is 10.1. The fourth-order valence-electron chi connectivity index (χ4n) is 2.69. The average Bonchev–Trinajstić information content (AvgIpc) is 2.74. The molecule has 0 aliphatic carbocycles. The van der Waals surface area contributed by atoms with Crippen LogP contribution in [0, 0.1) is 12.7 Å². The summed E-state index contributed by atoms with van der Waals surface area (Å²) in [4.78, 5) is 36.3.